The van der Waals surface area contributed by atoms with Crippen molar-refractivity contribution >= 4 is 11.6 Å². The Morgan fingerprint density at radius 1 is 1.22 bits per heavy atom. The van der Waals surface area contributed by atoms with Gasteiger partial charge in [0.05, 0.1) is 5.60 Å². The molecule has 2 rings (SSSR count). The van der Waals surface area contributed by atoms with E-state index < -0.39 is 5.60 Å². The van der Waals surface area contributed by atoms with Gasteiger partial charge in [0.15, 0.2) is 0 Å². The molecule has 0 aliphatic heterocycles. The van der Waals surface area contributed by atoms with Gasteiger partial charge in [0.2, 0.25) is 0 Å². The summed E-state index contributed by atoms with van der Waals surface area (Å²) >= 11 is 6.02. The van der Waals surface area contributed by atoms with Gasteiger partial charge in [-0.15, -0.1) is 0 Å². The van der Waals surface area contributed by atoms with Crippen LogP contribution < -0.4 is 0 Å². The highest BCUT2D eigenvalue weighted by Crippen LogP contribution is 2.42. The van der Waals surface area contributed by atoms with E-state index in [1.165, 1.54) is 6.07 Å². The first-order chi connectivity index (χ1) is 8.31. The Kier molecular flexibility index (Phi) is 3.70. The van der Waals surface area contributed by atoms with Crippen LogP contribution in [0.25, 0.3) is 0 Å². The van der Waals surface area contributed by atoms with Gasteiger partial charge in [0, 0.05) is 17.0 Å². The Morgan fingerprint density at radius 2 is 1.83 bits per heavy atom. The van der Waals surface area contributed by atoms with Crippen molar-refractivity contribution in [2.24, 2.45) is 5.41 Å². The minimum atomic E-state index is -0.804. The van der Waals surface area contributed by atoms with Crippen molar-refractivity contribution in [2.45, 2.75) is 51.6 Å². The summed E-state index contributed by atoms with van der Waals surface area (Å²) in [7, 11) is 0. The number of benzene rings is 1. The molecule has 0 spiro atoms. The third-order valence-corrected chi connectivity index (χ3v) is 4.46. The highest BCUT2D eigenvalue weighted by molar-refractivity contribution is 6.31. The maximum absolute atomic E-state index is 13.7. The summed E-state index contributed by atoms with van der Waals surface area (Å²) in [6.07, 6.45) is 3.68. The fourth-order valence-electron chi connectivity index (χ4n) is 2.60. The first kappa shape index (κ1) is 13.8. The fraction of sp³-hybridized carbons (Fsp3) is 0.600. The summed E-state index contributed by atoms with van der Waals surface area (Å²) in [6, 6.07) is 4.67. The zero-order valence-electron chi connectivity index (χ0n) is 11.0. The van der Waals surface area contributed by atoms with Crippen LogP contribution in [0.2, 0.25) is 5.02 Å². The minimum absolute atomic E-state index is 0.283. The van der Waals surface area contributed by atoms with E-state index in [0.29, 0.717) is 29.8 Å². The molecule has 0 heterocycles. The molecule has 1 N–H and O–H groups in total. The van der Waals surface area contributed by atoms with E-state index in [1.807, 2.05) is 0 Å². The smallest absolute Gasteiger partial charge is 0.127 e. The van der Waals surface area contributed by atoms with E-state index in [-0.39, 0.29) is 11.2 Å². The minimum Gasteiger partial charge on any atom is -0.390 e. The van der Waals surface area contributed by atoms with E-state index in [2.05, 4.69) is 13.8 Å². The van der Waals surface area contributed by atoms with Crippen molar-refractivity contribution in [3.8, 4) is 0 Å². The summed E-state index contributed by atoms with van der Waals surface area (Å²) in [6.45, 7) is 4.42. The van der Waals surface area contributed by atoms with Crippen LogP contribution in [0.5, 0.6) is 0 Å². The molecule has 0 aromatic heterocycles. The van der Waals surface area contributed by atoms with Crippen LogP contribution >= 0.6 is 11.6 Å². The van der Waals surface area contributed by atoms with E-state index in [1.54, 1.807) is 12.1 Å². The third kappa shape index (κ3) is 3.04. The van der Waals surface area contributed by atoms with Gasteiger partial charge in [-0.1, -0.05) is 31.5 Å². The maximum atomic E-state index is 13.7. The molecule has 1 aromatic rings. The Morgan fingerprint density at radius 3 is 2.39 bits per heavy atom. The van der Waals surface area contributed by atoms with Crippen LogP contribution in [0.15, 0.2) is 18.2 Å². The molecule has 3 heteroatoms. The van der Waals surface area contributed by atoms with Crippen molar-refractivity contribution < 1.29 is 9.50 Å². The molecule has 0 amide bonds. The monoisotopic (exact) mass is 270 g/mol. The highest BCUT2D eigenvalue weighted by Gasteiger charge is 2.37. The standard InChI is InChI=1S/C15H20ClFO/c1-14(2)6-8-15(18,9-7-14)10-11-12(16)4-3-5-13(11)17/h3-5,18H,6-10H2,1-2H3. The number of hydrogen-bond acceptors (Lipinski definition) is 1. The van der Waals surface area contributed by atoms with Crippen LogP contribution in [0.1, 0.15) is 45.1 Å². The van der Waals surface area contributed by atoms with Crippen LogP contribution in [0.3, 0.4) is 0 Å². The van der Waals surface area contributed by atoms with Crippen molar-refractivity contribution in [2.75, 3.05) is 0 Å². The van der Waals surface area contributed by atoms with Gasteiger partial charge in [0.25, 0.3) is 0 Å². The predicted molar refractivity (Wildman–Crippen MR) is 72.3 cm³/mol. The predicted octanol–water partition coefficient (Wildman–Crippen LogP) is 4.35. The average molecular weight is 271 g/mol. The summed E-state index contributed by atoms with van der Waals surface area (Å²) in [5.74, 6) is -0.319. The quantitative estimate of drug-likeness (QED) is 0.847. The molecule has 18 heavy (non-hydrogen) atoms. The van der Waals surface area contributed by atoms with Gasteiger partial charge in [-0.25, -0.2) is 4.39 Å². The Balaban J connectivity index is 2.14. The van der Waals surface area contributed by atoms with E-state index in [0.717, 1.165) is 12.8 Å². The normalized spacial score (nSPS) is 21.8. The Bertz CT molecular complexity index is 412. The first-order valence-corrected chi connectivity index (χ1v) is 6.84. The van der Waals surface area contributed by atoms with Crippen LogP contribution in [-0.2, 0) is 6.42 Å². The molecule has 1 aliphatic rings. The lowest BCUT2D eigenvalue weighted by Gasteiger charge is -2.40. The van der Waals surface area contributed by atoms with Crippen LogP contribution in [0, 0.1) is 11.2 Å². The number of aliphatic hydroxyl groups is 1. The van der Waals surface area contributed by atoms with Crippen molar-refractivity contribution in [1.82, 2.24) is 0 Å². The zero-order valence-corrected chi connectivity index (χ0v) is 11.7. The van der Waals surface area contributed by atoms with Gasteiger partial charge in [0.1, 0.15) is 5.82 Å². The van der Waals surface area contributed by atoms with Gasteiger partial charge >= 0.3 is 0 Å². The lowest BCUT2D eigenvalue weighted by Crippen LogP contribution is -2.39. The van der Waals surface area contributed by atoms with Gasteiger partial charge in [-0.05, 0) is 43.2 Å². The molecule has 1 aromatic carbocycles. The molecule has 0 saturated heterocycles. The summed E-state index contributed by atoms with van der Waals surface area (Å²) in [4.78, 5) is 0. The summed E-state index contributed by atoms with van der Waals surface area (Å²) in [5.41, 5.74) is -0.0755. The molecule has 0 atom stereocenters. The molecule has 0 bridgehead atoms. The van der Waals surface area contributed by atoms with E-state index in [9.17, 15) is 9.50 Å². The second kappa shape index (κ2) is 4.82. The van der Waals surface area contributed by atoms with Crippen LogP contribution in [0.4, 0.5) is 4.39 Å². The van der Waals surface area contributed by atoms with E-state index in [4.69, 9.17) is 11.6 Å². The molecule has 100 valence electrons. The first-order valence-electron chi connectivity index (χ1n) is 6.47. The second-order valence-electron chi connectivity index (χ2n) is 6.27. The van der Waals surface area contributed by atoms with Gasteiger partial charge in [-0.3, -0.25) is 0 Å². The van der Waals surface area contributed by atoms with Crippen molar-refractivity contribution in [3.05, 3.63) is 34.6 Å². The zero-order chi connectivity index (χ0) is 13.4. The number of hydrogen-bond donors (Lipinski definition) is 1. The molecule has 0 unspecified atom stereocenters. The number of rotatable bonds is 2. The van der Waals surface area contributed by atoms with Crippen molar-refractivity contribution in [3.63, 3.8) is 0 Å². The van der Waals surface area contributed by atoms with E-state index >= 15 is 0 Å². The molecular formula is C15H20ClFO. The lowest BCUT2D eigenvalue weighted by atomic mass is 9.69. The topological polar surface area (TPSA) is 20.2 Å². The summed E-state index contributed by atoms with van der Waals surface area (Å²) in [5, 5.41) is 11.0. The lowest BCUT2D eigenvalue weighted by molar-refractivity contribution is -0.0256. The molecule has 1 nitrogen and oxygen atoms in total. The molecule has 1 aliphatic carbocycles. The second-order valence-corrected chi connectivity index (χ2v) is 6.67. The largest absolute Gasteiger partial charge is 0.390 e. The van der Waals surface area contributed by atoms with Crippen molar-refractivity contribution in [1.29, 1.82) is 0 Å². The highest BCUT2D eigenvalue weighted by atomic mass is 35.5. The Labute approximate surface area is 113 Å². The molecule has 1 fully saturated rings. The average Bonchev–Trinajstić information content (AvgIpc) is 2.29. The van der Waals surface area contributed by atoms with Gasteiger partial charge < -0.3 is 5.11 Å². The SMILES string of the molecule is CC1(C)CCC(O)(Cc2c(F)cccc2Cl)CC1. The Hall–Kier alpha value is -0.600. The molecule has 1 saturated carbocycles. The van der Waals surface area contributed by atoms with Gasteiger partial charge in [-0.2, -0.15) is 0 Å². The number of halogens is 2. The fourth-order valence-corrected chi connectivity index (χ4v) is 2.83. The third-order valence-electron chi connectivity index (χ3n) is 4.10. The maximum Gasteiger partial charge on any atom is 0.127 e. The van der Waals surface area contributed by atoms with Crippen LogP contribution in [-0.4, -0.2) is 10.7 Å². The molecule has 0 radical (unpaired) electrons. The molecular weight excluding hydrogens is 251 g/mol. The summed E-state index contributed by atoms with van der Waals surface area (Å²) < 4.78 is 13.7.